The van der Waals surface area contributed by atoms with Gasteiger partial charge >= 0.3 is 5.97 Å². The highest BCUT2D eigenvalue weighted by molar-refractivity contribution is 7.09. The number of aryl methyl sites for hydroxylation is 2. The lowest BCUT2D eigenvalue weighted by Crippen LogP contribution is -2.27. The minimum absolute atomic E-state index is 0.206. The summed E-state index contributed by atoms with van der Waals surface area (Å²) < 4.78 is 10.7. The van der Waals surface area contributed by atoms with E-state index in [4.69, 9.17) is 4.74 Å². The number of carbonyl (C=O) groups is 2. The molecule has 0 radical (unpaired) electrons. The fraction of sp³-hybridized carbons (Fsp3) is 0.200. The van der Waals surface area contributed by atoms with Crippen molar-refractivity contribution in [1.82, 2.24) is 19.5 Å². The summed E-state index contributed by atoms with van der Waals surface area (Å²) in [5, 5.41) is 7.37. The fourth-order valence-corrected chi connectivity index (χ4v) is 4.25. The molecule has 0 unspecified atom stereocenters. The van der Waals surface area contributed by atoms with Crippen LogP contribution in [0, 0.1) is 6.92 Å². The molecule has 7 nitrogen and oxygen atoms in total. The van der Waals surface area contributed by atoms with Crippen molar-refractivity contribution in [3.05, 3.63) is 83.3 Å². The summed E-state index contributed by atoms with van der Waals surface area (Å²) in [6.45, 7) is 3.76. The van der Waals surface area contributed by atoms with E-state index in [1.54, 1.807) is 36.0 Å². The maximum atomic E-state index is 13.0. The van der Waals surface area contributed by atoms with Gasteiger partial charge in [-0.1, -0.05) is 0 Å². The molecule has 0 aliphatic carbocycles. The first-order valence-corrected chi connectivity index (χ1v) is 11.2. The molecular weight excluding hydrogens is 436 g/mol. The molecule has 0 aliphatic heterocycles. The van der Waals surface area contributed by atoms with E-state index in [1.165, 1.54) is 18.6 Å². The van der Waals surface area contributed by atoms with Gasteiger partial charge in [0.05, 0.1) is 29.8 Å². The average Bonchev–Trinajstić information content (AvgIpc) is 3.50. The number of rotatable bonds is 6. The maximum Gasteiger partial charge on any atom is 0.337 e. The number of aromatic nitrogens is 3. The average molecular weight is 461 g/mol. The summed E-state index contributed by atoms with van der Waals surface area (Å²) in [5.74, 6) is -0.635. The van der Waals surface area contributed by atoms with Gasteiger partial charge in [-0.05, 0) is 90.1 Å². The number of methoxy groups -OCH3 is 1. The number of esters is 1. The van der Waals surface area contributed by atoms with Gasteiger partial charge in [0, 0.05) is 30.6 Å². The Hall–Kier alpha value is -3.78. The third-order valence-corrected chi connectivity index (χ3v) is 6.25. The molecule has 0 saturated carbocycles. The van der Waals surface area contributed by atoms with Crippen LogP contribution in [0.1, 0.15) is 44.8 Å². The summed E-state index contributed by atoms with van der Waals surface area (Å²) in [5.41, 5.74) is 5.66. The van der Waals surface area contributed by atoms with Gasteiger partial charge in [-0.25, -0.2) is 9.17 Å². The van der Waals surface area contributed by atoms with E-state index in [9.17, 15) is 9.59 Å². The molecule has 0 fully saturated rings. The van der Waals surface area contributed by atoms with Crippen molar-refractivity contribution in [1.29, 1.82) is 0 Å². The van der Waals surface area contributed by atoms with Crippen molar-refractivity contribution in [2.45, 2.75) is 19.9 Å². The van der Waals surface area contributed by atoms with Crippen LogP contribution in [-0.4, -0.2) is 33.1 Å². The topological polar surface area (TPSA) is 86.1 Å². The van der Waals surface area contributed by atoms with Crippen LogP contribution < -0.4 is 5.32 Å². The lowest BCUT2D eigenvalue weighted by atomic mass is 9.97. The Balaban J connectivity index is 1.63. The number of ether oxygens (including phenoxy) is 1. The number of nitrogens with zero attached hydrogens (tertiary/aromatic N) is 3. The second kappa shape index (κ2) is 9.38. The Kier molecular flexibility index (Phi) is 6.37. The predicted molar refractivity (Wildman–Crippen MR) is 128 cm³/mol. The molecule has 33 heavy (non-hydrogen) atoms. The zero-order chi connectivity index (χ0) is 23.5. The van der Waals surface area contributed by atoms with Gasteiger partial charge in [0.1, 0.15) is 0 Å². The molecule has 2 heterocycles. The molecule has 4 rings (SSSR count). The van der Waals surface area contributed by atoms with Gasteiger partial charge in [-0.2, -0.15) is 5.10 Å². The van der Waals surface area contributed by atoms with Crippen molar-refractivity contribution < 1.29 is 14.3 Å². The van der Waals surface area contributed by atoms with Crippen LogP contribution in [0.25, 0.3) is 21.6 Å². The maximum absolute atomic E-state index is 13.0. The van der Waals surface area contributed by atoms with Crippen molar-refractivity contribution in [2.75, 3.05) is 7.11 Å². The third-order valence-electron chi connectivity index (χ3n) is 5.46. The van der Waals surface area contributed by atoms with E-state index in [1.807, 2.05) is 32.4 Å². The number of carbonyl (C=O) groups excluding carboxylic acids is 2. The highest BCUT2D eigenvalue weighted by atomic mass is 32.1. The summed E-state index contributed by atoms with van der Waals surface area (Å²) in [6, 6.07) is 12.9. The quantitative estimate of drug-likeness (QED) is 0.418. The Labute approximate surface area is 196 Å². The van der Waals surface area contributed by atoms with Crippen LogP contribution in [0.15, 0.2) is 61.1 Å². The number of amides is 1. The first-order chi connectivity index (χ1) is 15.9. The number of benzene rings is 2. The Morgan fingerprint density at radius 2 is 1.88 bits per heavy atom. The number of hydrogen-bond donors (Lipinski definition) is 1. The molecule has 1 atom stereocenters. The van der Waals surface area contributed by atoms with Gasteiger partial charge in [-0.15, -0.1) is 0 Å². The van der Waals surface area contributed by atoms with Crippen molar-refractivity contribution >= 4 is 23.4 Å². The first kappa shape index (κ1) is 22.4. The summed E-state index contributed by atoms with van der Waals surface area (Å²) >= 11 is 1.43. The predicted octanol–water partition coefficient (Wildman–Crippen LogP) is 4.80. The van der Waals surface area contributed by atoms with E-state index < -0.39 is 5.97 Å². The normalized spacial score (nSPS) is 11.8. The van der Waals surface area contributed by atoms with Crippen LogP contribution in [0.2, 0.25) is 0 Å². The first-order valence-electron chi connectivity index (χ1n) is 10.4. The van der Waals surface area contributed by atoms with Gasteiger partial charge in [0.2, 0.25) is 0 Å². The zero-order valence-corrected chi connectivity index (χ0v) is 19.6. The van der Waals surface area contributed by atoms with Crippen LogP contribution in [0.3, 0.4) is 0 Å². The third kappa shape index (κ3) is 4.85. The summed E-state index contributed by atoms with van der Waals surface area (Å²) in [6.07, 6.45) is 5.57. The highest BCUT2D eigenvalue weighted by Crippen LogP contribution is 2.32. The largest absolute Gasteiger partial charge is 0.465 e. The minimum atomic E-state index is -0.429. The Morgan fingerprint density at radius 1 is 1.09 bits per heavy atom. The second-order valence-electron chi connectivity index (χ2n) is 7.84. The molecule has 0 saturated heterocycles. The Bertz CT molecular complexity index is 1310. The molecule has 0 bridgehead atoms. The van der Waals surface area contributed by atoms with Crippen molar-refractivity contribution in [3.8, 4) is 21.6 Å². The van der Waals surface area contributed by atoms with Gasteiger partial charge < -0.3 is 10.1 Å². The van der Waals surface area contributed by atoms with Crippen LogP contribution in [0.4, 0.5) is 0 Å². The van der Waals surface area contributed by atoms with E-state index in [0.29, 0.717) is 16.7 Å². The van der Waals surface area contributed by atoms with Crippen LogP contribution in [-0.2, 0) is 11.8 Å². The molecule has 1 amide bonds. The molecule has 2 aromatic carbocycles. The highest BCUT2D eigenvalue weighted by Gasteiger charge is 2.17. The summed E-state index contributed by atoms with van der Waals surface area (Å²) in [7, 11) is 3.22. The molecular formula is C25H24N4O3S. The molecule has 8 heteroatoms. The summed E-state index contributed by atoms with van der Waals surface area (Å²) in [4.78, 5) is 25.8. The minimum Gasteiger partial charge on any atom is -0.465 e. The van der Waals surface area contributed by atoms with Crippen LogP contribution >= 0.6 is 11.5 Å². The molecule has 1 N–H and O–H groups in total. The molecule has 2 aromatic heterocycles. The Morgan fingerprint density at radius 3 is 2.52 bits per heavy atom. The smallest absolute Gasteiger partial charge is 0.337 e. The van der Waals surface area contributed by atoms with E-state index in [-0.39, 0.29) is 11.9 Å². The van der Waals surface area contributed by atoms with E-state index in [2.05, 4.69) is 33.0 Å². The van der Waals surface area contributed by atoms with Crippen molar-refractivity contribution in [2.24, 2.45) is 7.05 Å². The number of hydrogen-bond acceptors (Lipinski definition) is 6. The molecule has 4 aromatic rings. The monoisotopic (exact) mass is 460 g/mol. The van der Waals surface area contributed by atoms with Crippen molar-refractivity contribution in [3.63, 3.8) is 0 Å². The lowest BCUT2D eigenvalue weighted by Gasteiger charge is -2.18. The molecule has 0 aliphatic rings. The number of nitrogens with one attached hydrogen (secondary N) is 1. The molecule has 168 valence electrons. The second-order valence-corrected chi connectivity index (χ2v) is 8.67. The fourth-order valence-electron chi connectivity index (χ4n) is 3.67. The van der Waals surface area contributed by atoms with E-state index in [0.717, 1.165) is 27.1 Å². The van der Waals surface area contributed by atoms with Gasteiger partial charge in [0.15, 0.2) is 0 Å². The van der Waals surface area contributed by atoms with E-state index >= 15 is 0 Å². The lowest BCUT2D eigenvalue weighted by molar-refractivity contribution is 0.0600. The SMILES string of the molecule is COC(=O)c1ccc(C(=O)N[C@H](C)c2cc(-c3cnn(C)c3)cc(-c3ccns3)c2)c(C)c1. The molecule has 0 spiro atoms. The van der Waals surface area contributed by atoms with Crippen LogP contribution in [0.5, 0.6) is 0 Å². The standard InChI is InChI=1S/C25H24N4O3S/c1-15-9-17(25(31)32-4)5-6-22(15)24(30)28-16(2)18-10-19(21-13-26-29(3)14-21)12-20(11-18)23-7-8-27-33-23/h5-14,16H,1-4H3,(H,28,30)/t16-/m1/s1. The van der Waals surface area contributed by atoms with Gasteiger partial charge in [0.25, 0.3) is 5.91 Å². The van der Waals surface area contributed by atoms with Gasteiger partial charge in [-0.3, -0.25) is 9.48 Å². The zero-order valence-electron chi connectivity index (χ0n) is 18.8.